The van der Waals surface area contributed by atoms with Gasteiger partial charge in [-0.3, -0.25) is 14.4 Å². The Morgan fingerprint density at radius 2 is 1.40 bits per heavy atom. The van der Waals surface area contributed by atoms with Gasteiger partial charge in [0.2, 0.25) is 0 Å². The third-order valence-electron chi connectivity index (χ3n) is 9.11. The molecule has 0 bridgehead atoms. The van der Waals surface area contributed by atoms with Gasteiger partial charge in [0.05, 0.1) is 23.7 Å². The number of esters is 4. The van der Waals surface area contributed by atoms with Crippen molar-refractivity contribution in [3.63, 3.8) is 0 Å². The molecule has 10 heteroatoms. The van der Waals surface area contributed by atoms with Crippen LogP contribution in [0.3, 0.4) is 0 Å². The molecule has 256 valence electrons. The van der Waals surface area contributed by atoms with Crippen molar-refractivity contribution in [3.05, 3.63) is 95.6 Å². The first-order valence-corrected chi connectivity index (χ1v) is 16.1. The predicted octanol–water partition coefficient (Wildman–Crippen LogP) is 5.44. The fourth-order valence-electron chi connectivity index (χ4n) is 6.68. The van der Waals surface area contributed by atoms with Crippen molar-refractivity contribution >= 4 is 29.7 Å². The fourth-order valence-corrected chi connectivity index (χ4v) is 6.68. The molecule has 0 amide bonds. The van der Waals surface area contributed by atoms with E-state index in [2.05, 4.69) is 0 Å². The molecule has 2 aromatic carbocycles. The van der Waals surface area contributed by atoms with E-state index >= 15 is 0 Å². The Bertz CT molecular complexity index is 1560. The van der Waals surface area contributed by atoms with Gasteiger partial charge in [-0.15, -0.1) is 0 Å². The fraction of sp³-hybridized carbons (Fsp3) is 0.447. The minimum Gasteiger partial charge on any atom is -0.458 e. The maximum Gasteiger partial charge on any atom is 0.338 e. The Labute approximate surface area is 281 Å². The van der Waals surface area contributed by atoms with E-state index in [1.165, 1.54) is 13.8 Å². The monoisotopic (exact) mass is 660 g/mol. The molecular formula is C38H44O10. The molecule has 0 heterocycles. The summed E-state index contributed by atoms with van der Waals surface area (Å²) < 4.78 is 24.2. The topological polar surface area (TPSA) is 143 Å². The summed E-state index contributed by atoms with van der Waals surface area (Å²) in [7, 11) is 0. The molecular weight excluding hydrogens is 616 g/mol. The molecule has 1 fully saturated rings. The summed E-state index contributed by atoms with van der Waals surface area (Å²) in [6.07, 6.45) is 1.55. The SMILES string of the molecule is CC(=O)OC1C(C)C=CC(C)(C)C(=O)CC(OC(=O)c2ccccc2)C(CO)=CC2C(OC(=O)c3ccccc3)C(C)CC21OC(C)=O. The number of allylic oxidation sites excluding steroid dienone is 1. The Hall–Kier alpha value is -4.57. The van der Waals surface area contributed by atoms with Crippen molar-refractivity contribution in [3.8, 4) is 0 Å². The van der Waals surface area contributed by atoms with E-state index in [1.54, 1.807) is 99.7 Å². The van der Waals surface area contributed by atoms with Gasteiger partial charge in [0.15, 0.2) is 5.60 Å². The first-order valence-electron chi connectivity index (χ1n) is 16.1. The molecule has 1 saturated carbocycles. The van der Waals surface area contributed by atoms with Crippen molar-refractivity contribution in [2.24, 2.45) is 23.2 Å². The number of carbonyl (C=O) groups excluding carboxylic acids is 5. The molecule has 10 nitrogen and oxygen atoms in total. The average Bonchev–Trinajstić information content (AvgIpc) is 3.30. The van der Waals surface area contributed by atoms with E-state index in [9.17, 15) is 29.1 Å². The summed E-state index contributed by atoms with van der Waals surface area (Å²) in [6.45, 7) is 8.88. The minimum atomic E-state index is -1.59. The highest BCUT2D eigenvalue weighted by molar-refractivity contribution is 5.91. The first-order chi connectivity index (χ1) is 22.7. The second-order valence-corrected chi connectivity index (χ2v) is 13.2. The lowest BCUT2D eigenvalue weighted by Crippen LogP contribution is -2.55. The number of ether oxygens (including phenoxy) is 4. The molecule has 2 aliphatic carbocycles. The number of aliphatic hydroxyl groups excluding tert-OH is 1. The van der Waals surface area contributed by atoms with Crippen molar-refractivity contribution in [1.29, 1.82) is 0 Å². The van der Waals surface area contributed by atoms with Gasteiger partial charge in [0, 0.05) is 31.6 Å². The molecule has 4 rings (SSSR count). The molecule has 7 atom stereocenters. The van der Waals surface area contributed by atoms with Crippen molar-refractivity contribution in [1.82, 2.24) is 0 Å². The van der Waals surface area contributed by atoms with Crippen molar-refractivity contribution in [2.75, 3.05) is 6.61 Å². The number of carbonyl (C=O) groups is 5. The van der Waals surface area contributed by atoms with E-state index < -0.39 is 77.6 Å². The number of hydrogen-bond donors (Lipinski definition) is 1. The van der Waals surface area contributed by atoms with Gasteiger partial charge in [-0.05, 0) is 56.0 Å². The Kier molecular flexibility index (Phi) is 11.4. The Morgan fingerprint density at radius 3 is 1.92 bits per heavy atom. The highest BCUT2D eigenvalue weighted by Crippen LogP contribution is 2.51. The zero-order valence-corrected chi connectivity index (χ0v) is 28.2. The van der Waals surface area contributed by atoms with E-state index in [1.807, 2.05) is 6.92 Å². The molecule has 2 aromatic rings. The van der Waals surface area contributed by atoms with Crippen LogP contribution in [0.25, 0.3) is 0 Å². The Morgan fingerprint density at radius 1 is 0.833 bits per heavy atom. The lowest BCUT2D eigenvalue weighted by atomic mass is 9.75. The van der Waals surface area contributed by atoms with E-state index in [-0.39, 0.29) is 29.8 Å². The molecule has 1 N–H and O–H groups in total. The quantitative estimate of drug-likeness (QED) is 0.232. The summed E-state index contributed by atoms with van der Waals surface area (Å²) in [5, 5.41) is 10.8. The second kappa shape index (κ2) is 15.1. The van der Waals surface area contributed by atoms with Crippen LogP contribution in [0.5, 0.6) is 0 Å². The van der Waals surface area contributed by atoms with Crippen LogP contribution in [0, 0.1) is 23.2 Å². The highest BCUT2D eigenvalue weighted by Gasteiger charge is 2.62. The van der Waals surface area contributed by atoms with Crippen LogP contribution in [-0.4, -0.2) is 65.3 Å². The van der Waals surface area contributed by atoms with Gasteiger partial charge >= 0.3 is 23.9 Å². The summed E-state index contributed by atoms with van der Waals surface area (Å²) >= 11 is 0. The smallest absolute Gasteiger partial charge is 0.338 e. The summed E-state index contributed by atoms with van der Waals surface area (Å²) in [5.74, 6) is -4.95. The lowest BCUT2D eigenvalue weighted by molar-refractivity contribution is -0.195. The molecule has 0 aliphatic heterocycles. The summed E-state index contributed by atoms with van der Waals surface area (Å²) in [5.41, 5.74) is -1.97. The van der Waals surface area contributed by atoms with E-state index in [0.29, 0.717) is 5.56 Å². The average molecular weight is 661 g/mol. The Balaban J connectivity index is 1.96. The van der Waals surface area contributed by atoms with Crippen LogP contribution >= 0.6 is 0 Å². The number of ketones is 1. The minimum absolute atomic E-state index is 0.117. The molecule has 2 aliphatic rings. The van der Waals surface area contributed by atoms with Crippen LogP contribution in [0.15, 0.2) is 84.5 Å². The molecule has 0 spiro atoms. The van der Waals surface area contributed by atoms with Gasteiger partial charge in [-0.25, -0.2) is 9.59 Å². The zero-order chi connectivity index (χ0) is 35.2. The summed E-state index contributed by atoms with van der Waals surface area (Å²) in [4.78, 5) is 66.1. The van der Waals surface area contributed by atoms with Crippen LogP contribution in [0.4, 0.5) is 0 Å². The van der Waals surface area contributed by atoms with Crippen LogP contribution in [-0.2, 0) is 33.3 Å². The number of rotatable bonds is 7. The maximum atomic E-state index is 13.8. The van der Waals surface area contributed by atoms with Gasteiger partial charge in [-0.2, -0.15) is 0 Å². The molecule has 0 radical (unpaired) electrons. The van der Waals surface area contributed by atoms with Crippen molar-refractivity contribution in [2.45, 2.75) is 78.3 Å². The number of hydrogen-bond acceptors (Lipinski definition) is 10. The van der Waals surface area contributed by atoms with Crippen LogP contribution in [0.1, 0.15) is 75.1 Å². The highest BCUT2D eigenvalue weighted by atomic mass is 16.6. The summed E-state index contributed by atoms with van der Waals surface area (Å²) in [6, 6.07) is 16.6. The van der Waals surface area contributed by atoms with Gasteiger partial charge in [-0.1, -0.05) is 68.5 Å². The number of fused-ring (bicyclic) bond motifs is 1. The maximum absolute atomic E-state index is 13.8. The second-order valence-electron chi connectivity index (χ2n) is 13.2. The van der Waals surface area contributed by atoms with Gasteiger partial charge in [0.25, 0.3) is 0 Å². The number of Topliss-reactive ketones (excluding diaryl/α,β-unsaturated/α-hetero) is 1. The van der Waals surface area contributed by atoms with E-state index in [0.717, 1.165) is 0 Å². The molecule has 0 aromatic heterocycles. The predicted molar refractivity (Wildman–Crippen MR) is 175 cm³/mol. The van der Waals surface area contributed by atoms with Crippen molar-refractivity contribution < 1.29 is 48.0 Å². The van der Waals surface area contributed by atoms with Gasteiger partial charge in [0.1, 0.15) is 24.1 Å². The molecule has 0 saturated heterocycles. The third-order valence-corrected chi connectivity index (χ3v) is 9.11. The molecule has 7 unspecified atom stereocenters. The first kappa shape index (κ1) is 36.3. The number of aliphatic hydroxyl groups is 1. The van der Waals surface area contributed by atoms with Gasteiger partial charge < -0.3 is 24.1 Å². The normalized spacial score (nSPS) is 28.5. The van der Waals surface area contributed by atoms with Crippen LogP contribution < -0.4 is 0 Å². The lowest BCUT2D eigenvalue weighted by Gasteiger charge is -2.43. The van der Waals surface area contributed by atoms with Crippen LogP contribution in [0.2, 0.25) is 0 Å². The zero-order valence-electron chi connectivity index (χ0n) is 28.2. The van der Waals surface area contributed by atoms with E-state index in [4.69, 9.17) is 18.9 Å². The number of benzene rings is 2. The largest absolute Gasteiger partial charge is 0.458 e. The molecule has 48 heavy (non-hydrogen) atoms. The standard InChI is InChI=1S/C38H44O10/c1-23-17-18-37(5,6)32(42)20-31(46-35(43)27-13-9-7-10-14-27)29(22-39)19-30-33(47-36(44)28-15-11-8-12-16-28)24(2)21-38(30,48-26(4)41)34(23)45-25(3)40/h7-19,23-24,30-31,33-34,39H,20-22H2,1-6H3. The third kappa shape index (κ3) is 8.10.